The Morgan fingerprint density at radius 1 is 0.328 bits per heavy atom. The predicted octanol–water partition coefficient (Wildman–Crippen LogP) is 20.3. The second-order valence-electron chi connectivity index (χ2n) is 19.7. The molecule has 0 aliphatic rings. The first-order chi connectivity index (χ1) is 28.7. The second kappa shape index (κ2) is 45.7. The first kappa shape index (κ1) is 55.2. The third-order valence-electron chi connectivity index (χ3n) is 13.9. The van der Waals surface area contributed by atoms with Crippen LogP contribution >= 0.6 is 0 Å². The van der Waals surface area contributed by atoms with Gasteiger partial charge in [-0.05, 0) is 32.6 Å². The van der Waals surface area contributed by atoms with Crippen molar-refractivity contribution in [3.63, 3.8) is 0 Å². The molecule has 1 aromatic heterocycles. The Balaban J connectivity index is 2.32. The maximum atomic E-state index is 3.80. The van der Waals surface area contributed by atoms with Crippen molar-refractivity contribution in [3.05, 3.63) is 18.2 Å². The van der Waals surface area contributed by atoms with Gasteiger partial charge in [0.1, 0.15) is 12.4 Å². The SMILES string of the molecule is CCCCCCCCCCCCCCCCCCCC(CCCCCCCCCCCCCC)c1[nH]cc[n+]1C(C)CCCCCCCCCCCCCCCCC. The minimum Gasteiger partial charge on any atom is -0.247 e. The van der Waals surface area contributed by atoms with Crippen molar-refractivity contribution in [2.75, 3.05) is 0 Å². The summed E-state index contributed by atoms with van der Waals surface area (Å²) in [4.78, 5) is 3.80. The van der Waals surface area contributed by atoms with Crippen LogP contribution in [0.5, 0.6) is 0 Å². The fourth-order valence-corrected chi connectivity index (χ4v) is 9.79. The fourth-order valence-electron chi connectivity index (χ4n) is 9.79. The summed E-state index contributed by atoms with van der Waals surface area (Å²) < 4.78 is 2.67. The van der Waals surface area contributed by atoms with Gasteiger partial charge in [-0.3, -0.25) is 0 Å². The summed E-state index contributed by atoms with van der Waals surface area (Å²) in [6.07, 6.45) is 72.5. The summed E-state index contributed by atoms with van der Waals surface area (Å²) >= 11 is 0. The first-order valence-electron chi connectivity index (χ1n) is 27.8. The number of nitrogens with one attached hydrogen (secondary N) is 1. The molecule has 0 radical (unpaired) electrons. The first-order valence-corrected chi connectivity index (χ1v) is 27.8. The lowest BCUT2D eigenvalue weighted by Gasteiger charge is -2.17. The average molecular weight is 813 g/mol. The number of aromatic nitrogens is 2. The van der Waals surface area contributed by atoms with Crippen molar-refractivity contribution in [2.45, 2.75) is 341 Å². The van der Waals surface area contributed by atoms with Crippen LogP contribution in [-0.2, 0) is 0 Å². The largest absolute Gasteiger partial charge is 0.257 e. The molecule has 1 heterocycles. The molecular formula is C56H111N2+. The number of hydrogen-bond acceptors (Lipinski definition) is 0. The summed E-state index contributed by atoms with van der Waals surface area (Å²) in [6.45, 7) is 9.45. The summed E-state index contributed by atoms with van der Waals surface area (Å²) in [7, 11) is 0. The molecule has 2 unspecified atom stereocenters. The maximum absolute atomic E-state index is 3.80. The highest BCUT2D eigenvalue weighted by atomic mass is 15.1. The quantitative estimate of drug-likeness (QED) is 0.0500. The van der Waals surface area contributed by atoms with Crippen molar-refractivity contribution in [3.8, 4) is 0 Å². The lowest BCUT2D eigenvalue weighted by Crippen LogP contribution is -2.41. The van der Waals surface area contributed by atoms with E-state index in [0.717, 1.165) is 0 Å². The monoisotopic (exact) mass is 812 g/mol. The second-order valence-corrected chi connectivity index (χ2v) is 19.7. The standard InChI is InChI=1S/C56H110N2/c1-5-8-11-14-17-20-23-26-28-29-31-33-36-39-42-45-48-51-55(50-47-44-41-38-35-25-22-19-16-13-10-7-3)56-57-52-53-58(56)54(4)49-46-43-40-37-34-32-30-27-24-21-18-15-12-9-6-2/h52-55H,5-51H2,1-4H3/p+1. The Labute approximate surface area is 367 Å². The smallest absolute Gasteiger partial charge is 0.247 e. The highest BCUT2D eigenvalue weighted by Gasteiger charge is 2.25. The van der Waals surface area contributed by atoms with Gasteiger partial charge in [-0.1, -0.05) is 297 Å². The van der Waals surface area contributed by atoms with Crippen molar-refractivity contribution >= 4 is 0 Å². The molecule has 2 heteroatoms. The van der Waals surface area contributed by atoms with E-state index in [4.69, 9.17) is 0 Å². The van der Waals surface area contributed by atoms with E-state index in [2.05, 4.69) is 49.6 Å². The molecule has 58 heavy (non-hydrogen) atoms. The number of aromatic amines is 1. The van der Waals surface area contributed by atoms with Gasteiger partial charge in [0.2, 0.25) is 0 Å². The van der Waals surface area contributed by atoms with Gasteiger partial charge in [0.15, 0.2) is 0 Å². The molecule has 0 amide bonds. The van der Waals surface area contributed by atoms with Crippen LogP contribution in [0.25, 0.3) is 0 Å². The molecule has 344 valence electrons. The van der Waals surface area contributed by atoms with Crippen LogP contribution < -0.4 is 4.57 Å². The Kier molecular flexibility index (Phi) is 43.5. The number of rotatable bonds is 49. The van der Waals surface area contributed by atoms with Gasteiger partial charge >= 0.3 is 0 Å². The topological polar surface area (TPSA) is 19.7 Å². The molecule has 0 saturated carbocycles. The molecule has 0 aliphatic carbocycles. The van der Waals surface area contributed by atoms with E-state index in [1.807, 2.05) is 0 Å². The van der Waals surface area contributed by atoms with Crippen LogP contribution in [0.1, 0.15) is 347 Å². The van der Waals surface area contributed by atoms with E-state index in [9.17, 15) is 0 Å². The number of H-pyrrole nitrogens is 1. The minimum atomic E-state index is 0.614. The third-order valence-corrected chi connectivity index (χ3v) is 13.9. The molecule has 0 saturated heterocycles. The Morgan fingerprint density at radius 3 is 0.810 bits per heavy atom. The highest BCUT2D eigenvalue weighted by Crippen LogP contribution is 2.28. The highest BCUT2D eigenvalue weighted by molar-refractivity contribution is 4.90. The van der Waals surface area contributed by atoms with Gasteiger partial charge in [-0.25, -0.2) is 9.55 Å². The van der Waals surface area contributed by atoms with Crippen molar-refractivity contribution < 1.29 is 4.57 Å². The molecule has 0 fully saturated rings. The van der Waals surface area contributed by atoms with Crippen LogP contribution in [0.2, 0.25) is 0 Å². The van der Waals surface area contributed by atoms with Gasteiger partial charge < -0.3 is 0 Å². The minimum absolute atomic E-state index is 0.614. The van der Waals surface area contributed by atoms with Gasteiger partial charge in [0.25, 0.3) is 5.82 Å². The molecule has 0 aromatic carbocycles. The van der Waals surface area contributed by atoms with E-state index in [1.165, 1.54) is 302 Å². The third kappa shape index (κ3) is 35.9. The Morgan fingerprint density at radius 2 is 0.552 bits per heavy atom. The molecule has 1 N–H and O–H groups in total. The van der Waals surface area contributed by atoms with Gasteiger partial charge in [-0.15, -0.1) is 0 Å². The zero-order chi connectivity index (χ0) is 41.7. The van der Waals surface area contributed by atoms with Crippen molar-refractivity contribution in [2.24, 2.45) is 0 Å². The van der Waals surface area contributed by atoms with E-state index in [0.29, 0.717) is 12.0 Å². The summed E-state index contributed by atoms with van der Waals surface area (Å²) in [5.74, 6) is 2.26. The molecule has 2 nitrogen and oxygen atoms in total. The van der Waals surface area contributed by atoms with E-state index < -0.39 is 0 Å². The van der Waals surface area contributed by atoms with Crippen molar-refractivity contribution in [1.82, 2.24) is 4.98 Å². The maximum Gasteiger partial charge on any atom is 0.257 e. The zero-order valence-electron chi connectivity index (χ0n) is 41.0. The molecule has 0 bridgehead atoms. The van der Waals surface area contributed by atoms with Gasteiger partial charge in [0.05, 0.1) is 12.0 Å². The van der Waals surface area contributed by atoms with Crippen molar-refractivity contribution in [1.29, 1.82) is 0 Å². The lowest BCUT2D eigenvalue weighted by atomic mass is 9.92. The van der Waals surface area contributed by atoms with Crippen LogP contribution in [0.3, 0.4) is 0 Å². The fraction of sp³-hybridized carbons (Fsp3) is 0.946. The van der Waals surface area contributed by atoms with Crippen LogP contribution in [0.15, 0.2) is 12.4 Å². The molecule has 1 rings (SSSR count). The Hall–Kier alpha value is -0.790. The summed E-state index contributed by atoms with van der Waals surface area (Å²) in [5, 5.41) is 0. The van der Waals surface area contributed by atoms with Crippen LogP contribution in [0, 0.1) is 0 Å². The van der Waals surface area contributed by atoms with E-state index in [1.54, 1.807) is 5.82 Å². The zero-order valence-corrected chi connectivity index (χ0v) is 41.0. The van der Waals surface area contributed by atoms with Crippen LogP contribution in [0.4, 0.5) is 0 Å². The number of imidazole rings is 1. The molecule has 0 aliphatic heterocycles. The number of hydrogen-bond donors (Lipinski definition) is 1. The number of unbranched alkanes of at least 4 members (excludes halogenated alkanes) is 41. The van der Waals surface area contributed by atoms with Gasteiger partial charge in [-0.2, -0.15) is 0 Å². The summed E-state index contributed by atoms with van der Waals surface area (Å²) in [6, 6.07) is 0.614. The molecule has 1 aromatic rings. The summed E-state index contributed by atoms with van der Waals surface area (Å²) in [5.41, 5.74) is 0. The predicted molar refractivity (Wildman–Crippen MR) is 262 cm³/mol. The molecule has 0 spiro atoms. The van der Waals surface area contributed by atoms with E-state index in [-0.39, 0.29) is 0 Å². The number of nitrogens with zero attached hydrogens (tertiary/aromatic N) is 1. The van der Waals surface area contributed by atoms with Crippen LogP contribution in [-0.4, -0.2) is 4.98 Å². The van der Waals surface area contributed by atoms with E-state index >= 15 is 0 Å². The Bertz CT molecular complexity index is 889. The normalized spacial score (nSPS) is 12.8. The molecule has 2 atom stereocenters. The van der Waals surface area contributed by atoms with Gasteiger partial charge in [0, 0.05) is 0 Å². The molecular weight excluding hydrogens is 701 g/mol. The lowest BCUT2D eigenvalue weighted by molar-refractivity contribution is -0.727. The average Bonchev–Trinajstić information content (AvgIpc) is 3.73.